The molecular weight excluding hydrogens is 336 g/mol. The van der Waals surface area contributed by atoms with E-state index in [9.17, 15) is 19.5 Å². The minimum Gasteiger partial charge on any atom is -0.481 e. The molecule has 2 N–H and O–H groups in total. The summed E-state index contributed by atoms with van der Waals surface area (Å²) in [7, 11) is 1.68. The van der Waals surface area contributed by atoms with Crippen molar-refractivity contribution in [3.8, 4) is 0 Å². The number of rotatable bonds is 6. The maximum atomic E-state index is 12.3. The van der Waals surface area contributed by atoms with Crippen LogP contribution in [0.1, 0.15) is 19.0 Å². The molecule has 0 spiro atoms. The minimum atomic E-state index is -0.889. The summed E-state index contributed by atoms with van der Waals surface area (Å²) in [5.74, 6) is -1.53. The van der Waals surface area contributed by atoms with Crippen molar-refractivity contribution in [1.29, 1.82) is 0 Å². The number of nitrogens with one attached hydrogen (secondary N) is 1. The van der Waals surface area contributed by atoms with Crippen molar-refractivity contribution in [3.63, 3.8) is 0 Å². The quantitative estimate of drug-likeness (QED) is 0.780. The third-order valence-electron chi connectivity index (χ3n) is 4.54. The van der Waals surface area contributed by atoms with Gasteiger partial charge in [0.05, 0.1) is 12.5 Å². The molecule has 1 saturated heterocycles. The van der Waals surface area contributed by atoms with Crippen molar-refractivity contribution in [2.24, 2.45) is 11.8 Å². The monoisotopic (exact) mass is 362 g/mol. The fraction of sp³-hybridized carbons (Fsp3) is 0.556. The van der Waals surface area contributed by atoms with Gasteiger partial charge >= 0.3 is 12.0 Å². The number of urea groups is 1. The molecule has 0 radical (unpaired) electrons. The van der Waals surface area contributed by atoms with E-state index in [0.29, 0.717) is 25.9 Å². The SMILES string of the molecule is CC1CC(C(=O)O)CN(C(=O)NCC(=O)N(C)CCc2ccccn2)C1. The largest absolute Gasteiger partial charge is 0.481 e. The highest BCUT2D eigenvalue weighted by Crippen LogP contribution is 2.21. The molecule has 8 heteroatoms. The maximum Gasteiger partial charge on any atom is 0.317 e. The van der Waals surface area contributed by atoms with E-state index in [2.05, 4.69) is 10.3 Å². The molecular formula is C18H26N4O4. The van der Waals surface area contributed by atoms with Crippen LogP contribution < -0.4 is 5.32 Å². The number of likely N-dealkylation sites (N-methyl/N-ethyl adjacent to an activating group) is 1. The molecule has 26 heavy (non-hydrogen) atoms. The van der Waals surface area contributed by atoms with E-state index in [1.807, 2.05) is 25.1 Å². The summed E-state index contributed by atoms with van der Waals surface area (Å²) in [6, 6.07) is 5.24. The van der Waals surface area contributed by atoms with Crippen LogP contribution >= 0.6 is 0 Å². The molecule has 2 unspecified atom stereocenters. The summed E-state index contributed by atoms with van der Waals surface area (Å²) in [6.45, 7) is 2.99. The molecule has 1 aliphatic heterocycles. The number of carboxylic acid groups (broad SMARTS) is 1. The van der Waals surface area contributed by atoms with Gasteiger partial charge in [0.1, 0.15) is 0 Å². The lowest BCUT2D eigenvalue weighted by molar-refractivity contribution is -0.143. The Morgan fingerprint density at radius 3 is 2.77 bits per heavy atom. The Hall–Kier alpha value is -2.64. The molecule has 1 fully saturated rings. The number of carbonyl (C=O) groups is 3. The molecule has 0 saturated carbocycles. The van der Waals surface area contributed by atoms with Crippen LogP contribution in [0.5, 0.6) is 0 Å². The second-order valence-electron chi connectivity index (χ2n) is 6.83. The predicted molar refractivity (Wildman–Crippen MR) is 95.5 cm³/mol. The van der Waals surface area contributed by atoms with Gasteiger partial charge in [0, 0.05) is 45.0 Å². The summed E-state index contributed by atoms with van der Waals surface area (Å²) >= 11 is 0. The Balaban J connectivity index is 1.76. The molecule has 2 heterocycles. The molecule has 1 aromatic heterocycles. The maximum absolute atomic E-state index is 12.3. The van der Waals surface area contributed by atoms with Gasteiger partial charge in [-0.15, -0.1) is 0 Å². The Bertz CT molecular complexity index is 637. The Morgan fingerprint density at radius 2 is 2.12 bits per heavy atom. The fourth-order valence-electron chi connectivity index (χ4n) is 3.05. The number of pyridine rings is 1. The van der Waals surface area contributed by atoms with Crippen LogP contribution in [0.3, 0.4) is 0 Å². The van der Waals surface area contributed by atoms with Crippen molar-refractivity contribution >= 4 is 17.9 Å². The number of hydrogen-bond acceptors (Lipinski definition) is 4. The van der Waals surface area contributed by atoms with Crippen LogP contribution in [0, 0.1) is 11.8 Å². The Kier molecular flexibility index (Phi) is 6.94. The zero-order valence-electron chi connectivity index (χ0n) is 15.2. The second kappa shape index (κ2) is 9.17. The number of aliphatic carboxylic acids is 1. The lowest BCUT2D eigenvalue weighted by atomic mass is 9.91. The molecule has 142 valence electrons. The first-order valence-electron chi connectivity index (χ1n) is 8.76. The lowest BCUT2D eigenvalue weighted by Gasteiger charge is -2.34. The van der Waals surface area contributed by atoms with Crippen molar-refractivity contribution in [2.45, 2.75) is 19.8 Å². The number of hydrogen-bond donors (Lipinski definition) is 2. The van der Waals surface area contributed by atoms with Crippen LogP contribution in [-0.2, 0) is 16.0 Å². The smallest absolute Gasteiger partial charge is 0.317 e. The van der Waals surface area contributed by atoms with Crippen molar-refractivity contribution in [1.82, 2.24) is 20.1 Å². The average Bonchev–Trinajstić information content (AvgIpc) is 2.64. The van der Waals surface area contributed by atoms with E-state index in [0.717, 1.165) is 5.69 Å². The van der Waals surface area contributed by atoms with Gasteiger partial charge in [-0.05, 0) is 24.5 Å². The van der Waals surface area contributed by atoms with E-state index in [1.165, 1.54) is 4.90 Å². The molecule has 8 nitrogen and oxygen atoms in total. The average molecular weight is 362 g/mol. The van der Waals surface area contributed by atoms with Gasteiger partial charge in [0.25, 0.3) is 0 Å². The van der Waals surface area contributed by atoms with Gasteiger partial charge in [0.15, 0.2) is 0 Å². The van der Waals surface area contributed by atoms with Crippen LogP contribution in [0.4, 0.5) is 4.79 Å². The van der Waals surface area contributed by atoms with Crippen LogP contribution in [0.15, 0.2) is 24.4 Å². The molecule has 0 aromatic carbocycles. The first kappa shape index (κ1) is 19.7. The van der Waals surface area contributed by atoms with E-state index in [-0.39, 0.29) is 24.9 Å². The number of amides is 3. The number of carbonyl (C=O) groups excluding carboxylic acids is 2. The lowest BCUT2D eigenvalue weighted by Crippen LogP contribution is -2.51. The molecule has 0 aliphatic carbocycles. The molecule has 1 aromatic rings. The van der Waals surface area contributed by atoms with E-state index >= 15 is 0 Å². The van der Waals surface area contributed by atoms with Gasteiger partial charge in [0.2, 0.25) is 5.91 Å². The highest BCUT2D eigenvalue weighted by molar-refractivity contribution is 5.84. The Morgan fingerprint density at radius 1 is 1.35 bits per heavy atom. The number of nitrogens with zero attached hydrogens (tertiary/aromatic N) is 3. The van der Waals surface area contributed by atoms with E-state index in [4.69, 9.17) is 0 Å². The first-order valence-corrected chi connectivity index (χ1v) is 8.76. The normalized spacial score (nSPS) is 19.7. The van der Waals surface area contributed by atoms with Crippen LogP contribution in [0.25, 0.3) is 0 Å². The highest BCUT2D eigenvalue weighted by Gasteiger charge is 2.32. The summed E-state index contributed by atoms with van der Waals surface area (Å²) in [6.07, 6.45) is 2.91. The highest BCUT2D eigenvalue weighted by atomic mass is 16.4. The molecule has 1 aliphatic rings. The molecule has 0 bridgehead atoms. The van der Waals surface area contributed by atoms with E-state index in [1.54, 1.807) is 18.1 Å². The van der Waals surface area contributed by atoms with Gasteiger partial charge in [-0.2, -0.15) is 0 Å². The van der Waals surface area contributed by atoms with Gasteiger partial charge < -0.3 is 20.2 Å². The molecule has 2 rings (SSSR count). The Labute approximate surface area is 153 Å². The van der Waals surface area contributed by atoms with Gasteiger partial charge in [-0.1, -0.05) is 13.0 Å². The van der Waals surface area contributed by atoms with Crippen molar-refractivity contribution in [3.05, 3.63) is 30.1 Å². The van der Waals surface area contributed by atoms with Crippen LogP contribution in [-0.4, -0.2) is 71.0 Å². The molecule has 3 amide bonds. The fourth-order valence-corrected chi connectivity index (χ4v) is 3.05. The summed E-state index contributed by atoms with van der Waals surface area (Å²) < 4.78 is 0. The zero-order chi connectivity index (χ0) is 19.1. The van der Waals surface area contributed by atoms with Crippen LogP contribution in [0.2, 0.25) is 0 Å². The second-order valence-corrected chi connectivity index (χ2v) is 6.83. The van der Waals surface area contributed by atoms with Gasteiger partial charge in [-0.3, -0.25) is 14.6 Å². The molecule has 2 atom stereocenters. The summed E-state index contributed by atoms with van der Waals surface area (Å²) in [4.78, 5) is 42.9. The standard InChI is InChI=1S/C18H26N4O4/c1-13-9-14(17(24)25)12-22(11-13)18(26)20-10-16(23)21(2)8-6-15-5-3-4-7-19-15/h3-5,7,13-14H,6,8-12H2,1-2H3,(H,20,26)(H,24,25). The van der Waals surface area contributed by atoms with Crippen molar-refractivity contribution < 1.29 is 19.5 Å². The third kappa shape index (κ3) is 5.72. The van der Waals surface area contributed by atoms with E-state index < -0.39 is 17.9 Å². The topological polar surface area (TPSA) is 103 Å². The number of carboxylic acids is 1. The first-order chi connectivity index (χ1) is 12.4. The number of piperidine rings is 1. The van der Waals surface area contributed by atoms with Gasteiger partial charge in [-0.25, -0.2) is 4.79 Å². The summed E-state index contributed by atoms with van der Waals surface area (Å²) in [5.41, 5.74) is 0.901. The third-order valence-corrected chi connectivity index (χ3v) is 4.54. The zero-order valence-corrected chi connectivity index (χ0v) is 15.2. The van der Waals surface area contributed by atoms with Crippen molar-refractivity contribution in [2.75, 3.05) is 33.2 Å². The minimum absolute atomic E-state index is 0.111. The summed E-state index contributed by atoms with van der Waals surface area (Å²) in [5, 5.41) is 11.8. The number of likely N-dealkylation sites (tertiary alicyclic amines) is 1. The number of aromatic nitrogens is 1. The predicted octanol–water partition coefficient (Wildman–Crippen LogP) is 0.835.